The van der Waals surface area contributed by atoms with E-state index in [1.165, 1.54) is 36.4 Å². The van der Waals surface area contributed by atoms with Crippen LogP contribution in [0.1, 0.15) is 6.42 Å². The van der Waals surface area contributed by atoms with E-state index >= 15 is 0 Å². The normalized spacial score (nSPS) is 15.6. The predicted octanol–water partition coefficient (Wildman–Crippen LogP) is 9.18. The molecular formula is C20H11BrF13NS. The van der Waals surface area contributed by atoms with E-state index in [4.69, 9.17) is 0 Å². The number of alkyl halides is 13. The van der Waals surface area contributed by atoms with E-state index in [9.17, 15) is 57.1 Å². The highest BCUT2D eigenvalue weighted by molar-refractivity contribution is 9.10. The minimum absolute atomic E-state index is 0.140. The summed E-state index contributed by atoms with van der Waals surface area (Å²) in [6, 6.07) is 10.1. The van der Waals surface area contributed by atoms with Crippen molar-refractivity contribution in [2.75, 3.05) is 11.4 Å². The van der Waals surface area contributed by atoms with Crippen LogP contribution >= 0.6 is 27.7 Å². The van der Waals surface area contributed by atoms with Crippen molar-refractivity contribution in [1.29, 1.82) is 0 Å². The molecule has 1 heterocycles. The molecule has 0 saturated heterocycles. The first kappa shape index (κ1) is 28.7. The second-order valence-electron chi connectivity index (χ2n) is 7.58. The lowest BCUT2D eigenvalue weighted by Gasteiger charge is -2.40. The molecule has 0 unspecified atom stereocenters. The molecule has 0 saturated carbocycles. The first-order valence-electron chi connectivity index (χ1n) is 9.49. The molecule has 36 heavy (non-hydrogen) atoms. The Hall–Kier alpha value is -1.84. The maximum atomic E-state index is 14.4. The van der Waals surface area contributed by atoms with Crippen LogP contribution in [0, 0.1) is 0 Å². The highest BCUT2D eigenvalue weighted by atomic mass is 79.9. The molecule has 0 N–H and O–H groups in total. The van der Waals surface area contributed by atoms with Crippen molar-refractivity contribution in [1.82, 2.24) is 0 Å². The Morgan fingerprint density at radius 3 is 1.75 bits per heavy atom. The Morgan fingerprint density at radius 2 is 1.17 bits per heavy atom. The quantitative estimate of drug-likeness (QED) is 0.283. The molecule has 200 valence electrons. The van der Waals surface area contributed by atoms with Gasteiger partial charge < -0.3 is 4.90 Å². The van der Waals surface area contributed by atoms with Gasteiger partial charge in [-0.05, 0) is 30.3 Å². The van der Waals surface area contributed by atoms with Crippen LogP contribution in [-0.4, -0.2) is 42.3 Å². The molecule has 2 aromatic carbocycles. The molecule has 0 aromatic heterocycles. The molecule has 0 spiro atoms. The number of para-hydroxylation sites is 1. The average Bonchev–Trinajstić information content (AvgIpc) is 2.75. The molecule has 1 aliphatic heterocycles. The summed E-state index contributed by atoms with van der Waals surface area (Å²) >= 11 is 4.31. The average molecular weight is 624 g/mol. The predicted molar refractivity (Wildman–Crippen MR) is 107 cm³/mol. The van der Waals surface area contributed by atoms with E-state index in [0.29, 0.717) is 14.3 Å². The van der Waals surface area contributed by atoms with Crippen LogP contribution in [-0.2, 0) is 0 Å². The third-order valence-corrected chi connectivity index (χ3v) is 6.84. The molecule has 0 bridgehead atoms. The summed E-state index contributed by atoms with van der Waals surface area (Å²) in [4.78, 5) is 1.80. The van der Waals surface area contributed by atoms with Crippen molar-refractivity contribution < 1.29 is 57.1 Å². The molecule has 3 rings (SSSR count). The summed E-state index contributed by atoms with van der Waals surface area (Å²) in [5, 5.41) is 0. The molecule has 1 nitrogen and oxygen atoms in total. The van der Waals surface area contributed by atoms with E-state index in [1.54, 1.807) is 6.07 Å². The summed E-state index contributed by atoms with van der Waals surface area (Å²) in [7, 11) is 0. The van der Waals surface area contributed by atoms with Crippen molar-refractivity contribution in [2.24, 2.45) is 0 Å². The Bertz CT molecular complexity index is 1130. The third kappa shape index (κ3) is 4.31. The number of rotatable bonds is 7. The van der Waals surface area contributed by atoms with Crippen LogP contribution in [0.2, 0.25) is 0 Å². The summed E-state index contributed by atoms with van der Waals surface area (Å²) in [5.74, 6) is -36.9. The molecule has 16 heteroatoms. The van der Waals surface area contributed by atoms with E-state index in [0.717, 1.165) is 16.7 Å². The Balaban J connectivity index is 1.96. The van der Waals surface area contributed by atoms with Crippen LogP contribution in [0.4, 0.5) is 68.5 Å². The highest BCUT2D eigenvalue weighted by Crippen LogP contribution is 2.61. The topological polar surface area (TPSA) is 3.24 Å². The van der Waals surface area contributed by atoms with Gasteiger partial charge in [0.2, 0.25) is 0 Å². The van der Waals surface area contributed by atoms with Crippen LogP contribution < -0.4 is 4.90 Å². The monoisotopic (exact) mass is 623 g/mol. The van der Waals surface area contributed by atoms with E-state index in [-0.39, 0.29) is 11.4 Å². The van der Waals surface area contributed by atoms with Gasteiger partial charge in [-0.15, -0.1) is 0 Å². The number of benzene rings is 2. The zero-order chi connectivity index (χ0) is 27.5. The van der Waals surface area contributed by atoms with Crippen LogP contribution in [0.25, 0.3) is 0 Å². The fourth-order valence-electron chi connectivity index (χ4n) is 3.26. The van der Waals surface area contributed by atoms with Gasteiger partial charge >= 0.3 is 35.8 Å². The fraction of sp³-hybridized carbons (Fsp3) is 0.400. The Kier molecular flexibility index (Phi) is 7.08. The number of anilines is 2. The molecule has 2 aromatic rings. The molecular weight excluding hydrogens is 613 g/mol. The maximum absolute atomic E-state index is 14.4. The maximum Gasteiger partial charge on any atom is 0.460 e. The van der Waals surface area contributed by atoms with Crippen molar-refractivity contribution in [2.45, 2.75) is 52.0 Å². The second-order valence-corrected chi connectivity index (χ2v) is 9.58. The third-order valence-electron chi connectivity index (χ3n) is 5.24. The number of fused-ring (bicyclic) bond motifs is 2. The van der Waals surface area contributed by atoms with Crippen molar-refractivity contribution in [3.63, 3.8) is 0 Å². The zero-order valence-corrected chi connectivity index (χ0v) is 19.5. The van der Waals surface area contributed by atoms with Crippen molar-refractivity contribution in [3.8, 4) is 0 Å². The largest absolute Gasteiger partial charge is 0.460 e. The van der Waals surface area contributed by atoms with Crippen LogP contribution in [0.5, 0.6) is 0 Å². The van der Waals surface area contributed by atoms with Gasteiger partial charge in [-0.2, -0.15) is 57.1 Å². The molecule has 0 radical (unpaired) electrons. The lowest BCUT2D eigenvalue weighted by molar-refractivity contribution is -0.440. The molecule has 0 aliphatic carbocycles. The number of hydrogen-bond acceptors (Lipinski definition) is 2. The van der Waals surface area contributed by atoms with Gasteiger partial charge in [0.25, 0.3) is 0 Å². The van der Waals surface area contributed by atoms with Crippen LogP contribution in [0.15, 0.2) is 56.7 Å². The van der Waals surface area contributed by atoms with Gasteiger partial charge in [-0.25, -0.2) is 0 Å². The van der Waals surface area contributed by atoms with Gasteiger partial charge in [0.05, 0.1) is 11.4 Å². The summed E-state index contributed by atoms with van der Waals surface area (Å²) in [6.07, 6.45) is -9.74. The number of nitrogens with zero attached hydrogens (tertiary/aromatic N) is 1. The van der Waals surface area contributed by atoms with E-state index in [2.05, 4.69) is 15.9 Å². The molecule has 0 atom stereocenters. The lowest BCUT2D eigenvalue weighted by Crippen LogP contribution is -2.70. The lowest BCUT2D eigenvalue weighted by atomic mass is 9.92. The second kappa shape index (κ2) is 8.88. The molecule has 1 aliphatic rings. The first-order chi connectivity index (χ1) is 16.2. The summed E-state index contributed by atoms with van der Waals surface area (Å²) in [6.45, 7) is -1.22. The van der Waals surface area contributed by atoms with E-state index < -0.39 is 48.8 Å². The molecule has 0 amide bonds. The van der Waals surface area contributed by atoms with Gasteiger partial charge in [0, 0.05) is 27.2 Å². The summed E-state index contributed by atoms with van der Waals surface area (Å²) in [5.41, 5.74) is 0.291. The SMILES string of the molecule is FC(F)(F)C(F)(F)C(F)(F)C(F)(F)C(F)(F)C(F)(F)CCN1c2ccccc2Sc2cc(Br)ccc21. The van der Waals surface area contributed by atoms with Gasteiger partial charge in [-0.3, -0.25) is 0 Å². The minimum atomic E-state index is -7.90. The molecule has 0 fully saturated rings. The van der Waals surface area contributed by atoms with Crippen LogP contribution in [0.3, 0.4) is 0 Å². The van der Waals surface area contributed by atoms with Gasteiger partial charge in [0.1, 0.15) is 0 Å². The number of halogens is 14. The van der Waals surface area contributed by atoms with E-state index in [1.807, 2.05) is 0 Å². The Labute approximate surface area is 206 Å². The highest BCUT2D eigenvalue weighted by Gasteiger charge is 2.90. The van der Waals surface area contributed by atoms with Gasteiger partial charge in [-0.1, -0.05) is 39.8 Å². The van der Waals surface area contributed by atoms with Crippen molar-refractivity contribution in [3.05, 3.63) is 46.9 Å². The smallest absolute Gasteiger partial charge is 0.339 e. The first-order valence-corrected chi connectivity index (χ1v) is 11.1. The Morgan fingerprint density at radius 1 is 0.639 bits per heavy atom. The van der Waals surface area contributed by atoms with Crippen molar-refractivity contribution >= 4 is 39.1 Å². The standard InChI is InChI=1S/C20H11BrF13NS/c21-10-5-6-12-14(9-10)36-13-4-2-1-3-11(13)35(12)8-7-15(22,23)16(24,25)17(26,27)18(28,29)19(30,31)20(32,33)34/h1-6,9H,7-8H2. The minimum Gasteiger partial charge on any atom is -0.339 e. The summed E-state index contributed by atoms with van der Waals surface area (Å²) < 4.78 is 175. The fourth-order valence-corrected chi connectivity index (χ4v) is 4.91. The number of hydrogen-bond donors (Lipinski definition) is 0. The zero-order valence-electron chi connectivity index (χ0n) is 17.1. The van der Waals surface area contributed by atoms with Gasteiger partial charge in [0.15, 0.2) is 0 Å².